The normalized spacial score (nSPS) is 18.1. The number of ether oxygens (including phenoxy) is 3. The summed E-state index contributed by atoms with van der Waals surface area (Å²) in [6, 6.07) is 5.71. The first-order valence-corrected chi connectivity index (χ1v) is 11.6. The van der Waals surface area contributed by atoms with Gasteiger partial charge in [-0.05, 0) is 52.7 Å². The Hall–Kier alpha value is -2.94. The van der Waals surface area contributed by atoms with Gasteiger partial charge in [0.1, 0.15) is 30.0 Å². The summed E-state index contributed by atoms with van der Waals surface area (Å²) in [6.07, 6.45) is 0.784. The third-order valence-corrected chi connectivity index (χ3v) is 5.24. The van der Waals surface area contributed by atoms with E-state index in [-0.39, 0.29) is 36.1 Å². The Morgan fingerprint density at radius 1 is 1.24 bits per heavy atom. The summed E-state index contributed by atoms with van der Waals surface area (Å²) >= 11 is 0. The zero-order chi connectivity index (χ0) is 25.0. The van der Waals surface area contributed by atoms with Crippen LogP contribution in [-0.2, 0) is 9.47 Å². The number of aromatic nitrogens is 2. The number of hydrogen-bond acceptors (Lipinski definition) is 7. The standard InChI is InChI=1S/C25H35FN4O4/c1-15(2)13-32-18-8-9-19(20(26)12-18)16(3)28-23-27-11-10-22(29-23)30-21(14-33-24(30)31)17(4)34-25(5,6)7/h8-12,15-17,21H,13-14H2,1-7H3,(H,27,28,29)/t16-,17+,21?/m0/s1. The lowest BCUT2D eigenvalue weighted by molar-refractivity contribution is -0.0618. The molecule has 1 N–H and O–H groups in total. The Bertz CT molecular complexity index is 995. The fraction of sp³-hybridized carbons (Fsp3) is 0.560. The van der Waals surface area contributed by atoms with E-state index >= 15 is 0 Å². The van der Waals surface area contributed by atoms with Crippen LogP contribution in [0.4, 0.5) is 21.0 Å². The first-order valence-electron chi connectivity index (χ1n) is 11.6. The van der Waals surface area contributed by atoms with Gasteiger partial charge in [-0.1, -0.05) is 19.9 Å². The Labute approximate surface area is 200 Å². The highest BCUT2D eigenvalue weighted by Crippen LogP contribution is 2.28. The molecule has 1 aliphatic heterocycles. The van der Waals surface area contributed by atoms with Crippen LogP contribution in [0.2, 0.25) is 0 Å². The molecule has 1 saturated heterocycles. The minimum atomic E-state index is -0.491. The van der Waals surface area contributed by atoms with E-state index in [2.05, 4.69) is 15.3 Å². The molecular weight excluding hydrogens is 439 g/mol. The van der Waals surface area contributed by atoms with Crippen molar-refractivity contribution in [3.63, 3.8) is 0 Å². The third-order valence-electron chi connectivity index (χ3n) is 5.24. The van der Waals surface area contributed by atoms with Gasteiger partial charge < -0.3 is 19.5 Å². The van der Waals surface area contributed by atoms with Gasteiger partial charge in [-0.2, -0.15) is 4.98 Å². The van der Waals surface area contributed by atoms with Crippen molar-refractivity contribution in [3.05, 3.63) is 41.8 Å². The molecular formula is C25H35FN4O4. The molecule has 2 aromatic rings. The quantitative estimate of drug-likeness (QED) is 0.524. The summed E-state index contributed by atoms with van der Waals surface area (Å²) in [4.78, 5) is 22.7. The minimum Gasteiger partial charge on any atom is -0.493 e. The van der Waals surface area contributed by atoms with E-state index < -0.39 is 12.1 Å². The predicted molar refractivity (Wildman–Crippen MR) is 129 cm³/mol. The van der Waals surface area contributed by atoms with Crippen molar-refractivity contribution in [3.8, 4) is 5.75 Å². The Balaban J connectivity index is 1.74. The molecule has 1 amide bonds. The van der Waals surface area contributed by atoms with Crippen LogP contribution in [0.25, 0.3) is 0 Å². The van der Waals surface area contributed by atoms with Gasteiger partial charge in [-0.15, -0.1) is 0 Å². The molecule has 1 aromatic heterocycles. The van der Waals surface area contributed by atoms with Crippen LogP contribution in [0.3, 0.4) is 0 Å². The molecule has 1 aromatic carbocycles. The van der Waals surface area contributed by atoms with Gasteiger partial charge in [0.05, 0.1) is 24.4 Å². The fourth-order valence-electron chi connectivity index (χ4n) is 3.72. The van der Waals surface area contributed by atoms with Crippen LogP contribution in [-0.4, -0.2) is 47.0 Å². The second-order valence-electron chi connectivity index (χ2n) is 9.94. The molecule has 34 heavy (non-hydrogen) atoms. The summed E-state index contributed by atoms with van der Waals surface area (Å²) in [5.74, 6) is 1.12. The number of hydrogen-bond donors (Lipinski definition) is 1. The van der Waals surface area contributed by atoms with Crippen LogP contribution in [0.1, 0.15) is 60.1 Å². The van der Waals surface area contributed by atoms with E-state index in [9.17, 15) is 9.18 Å². The zero-order valence-corrected chi connectivity index (χ0v) is 21.0. The molecule has 1 unspecified atom stereocenters. The predicted octanol–water partition coefficient (Wildman–Crippen LogP) is 5.35. The molecule has 8 nitrogen and oxygen atoms in total. The van der Waals surface area contributed by atoms with Gasteiger partial charge in [0.2, 0.25) is 5.95 Å². The zero-order valence-electron chi connectivity index (χ0n) is 21.0. The van der Waals surface area contributed by atoms with Crippen LogP contribution in [0.5, 0.6) is 5.75 Å². The molecule has 9 heteroatoms. The van der Waals surface area contributed by atoms with Crippen molar-refractivity contribution in [2.24, 2.45) is 5.92 Å². The summed E-state index contributed by atoms with van der Waals surface area (Å²) in [6.45, 7) is 14.4. The van der Waals surface area contributed by atoms with E-state index in [1.165, 1.54) is 11.0 Å². The second-order valence-corrected chi connectivity index (χ2v) is 9.94. The molecule has 2 heterocycles. The van der Waals surface area contributed by atoms with Crippen LogP contribution >= 0.6 is 0 Å². The van der Waals surface area contributed by atoms with Gasteiger partial charge in [-0.25, -0.2) is 14.2 Å². The molecule has 3 rings (SSSR count). The van der Waals surface area contributed by atoms with E-state index in [0.29, 0.717) is 29.7 Å². The summed E-state index contributed by atoms with van der Waals surface area (Å²) in [7, 11) is 0. The first-order chi connectivity index (χ1) is 15.9. The number of rotatable bonds is 9. The molecule has 0 radical (unpaired) electrons. The average molecular weight is 475 g/mol. The van der Waals surface area contributed by atoms with E-state index in [4.69, 9.17) is 14.2 Å². The Kier molecular flexibility index (Phi) is 7.97. The van der Waals surface area contributed by atoms with Crippen molar-refractivity contribution in [2.45, 2.75) is 72.3 Å². The van der Waals surface area contributed by atoms with Crippen LogP contribution in [0, 0.1) is 11.7 Å². The number of cyclic esters (lactones) is 1. The monoisotopic (exact) mass is 474 g/mol. The van der Waals surface area contributed by atoms with E-state index in [1.54, 1.807) is 24.4 Å². The molecule has 3 atom stereocenters. The summed E-state index contributed by atoms with van der Waals surface area (Å²) < 4.78 is 31.7. The molecule has 1 aliphatic rings. The highest BCUT2D eigenvalue weighted by molar-refractivity contribution is 5.89. The van der Waals surface area contributed by atoms with Crippen molar-refractivity contribution in [1.29, 1.82) is 0 Å². The highest BCUT2D eigenvalue weighted by atomic mass is 19.1. The van der Waals surface area contributed by atoms with Crippen molar-refractivity contribution in [2.75, 3.05) is 23.4 Å². The lowest BCUT2D eigenvalue weighted by Gasteiger charge is -2.31. The topological polar surface area (TPSA) is 85.8 Å². The number of carbonyl (C=O) groups excluding carboxylic acids is 1. The molecule has 186 valence electrons. The van der Waals surface area contributed by atoms with Crippen molar-refractivity contribution < 1.29 is 23.4 Å². The van der Waals surface area contributed by atoms with Gasteiger partial charge in [0.25, 0.3) is 0 Å². The highest BCUT2D eigenvalue weighted by Gasteiger charge is 2.40. The third kappa shape index (κ3) is 6.56. The number of halogens is 1. The fourth-order valence-corrected chi connectivity index (χ4v) is 3.72. The maximum Gasteiger partial charge on any atom is 0.416 e. The number of anilines is 2. The minimum absolute atomic E-state index is 0.204. The molecule has 0 aliphatic carbocycles. The molecule has 0 saturated carbocycles. The van der Waals surface area contributed by atoms with Gasteiger partial charge >= 0.3 is 6.09 Å². The lowest BCUT2D eigenvalue weighted by Crippen LogP contribution is -2.45. The number of carbonyl (C=O) groups is 1. The van der Waals surface area contributed by atoms with Gasteiger partial charge in [0, 0.05) is 17.8 Å². The molecule has 1 fully saturated rings. The summed E-state index contributed by atoms with van der Waals surface area (Å²) in [5, 5.41) is 3.12. The molecule has 0 bridgehead atoms. The lowest BCUT2D eigenvalue weighted by atomic mass is 10.1. The summed E-state index contributed by atoms with van der Waals surface area (Å²) in [5.41, 5.74) is 0.0841. The van der Waals surface area contributed by atoms with Crippen molar-refractivity contribution in [1.82, 2.24) is 9.97 Å². The maximum absolute atomic E-state index is 14.7. The largest absolute Gasteiger partial charge is 0.493 e. The van der Waals surface area contributed by atoms with E-state index in [1.807, 2.05) is 48.5 Å². The SMILES string of the molecule is CC(C)COc1ccc([C@H](C)Nc2nccc(N3C(=O)OCC3[C@@H](C)OC(C)(C)C)n2)c(F)c1. The smallest absolute Gasteiger partial charge is 0.416 e. The number of amides is 1. The number of benzene rings is 1. The molecule has 0 spiro atoms. The van der Waals surface area contributed by atoms with Crippen LogP contribution in [0.15, 0.2) is 30.5 Å². The second kappa shape index (κ2) is 10.5. The Morgan fingerprint density at radius 2 is 1.97 bits per heavy atom. The first kappa shape index (κ1) is 25.7. The maximum atomic E-state index is 14.7. The van der Waals surface area contributed by atoms with E-state index in [0.717, 1.165) is 0 Å². The van der Waals surface area contributed by atoms with Gasteiger partial charge in [-0.3, -0.25) is 4.90 Å². The number of nitrogens with zero attached hydrogens (tertiary/aromatic N) is 3. The number of nitrogens with one attached hydrogen (secondary N) is 1. The van der Waals surface area contributed by atoms with Gasteiger partial charge in [0.15, 0.2) is 0 Å². The average Bonchev–Trinajstić information content (AvgIpc) is 3.13. The van der Waals surface area contributed by atoms with Crippen molar-refractivity contribution >= 4 is 17.9 Å². The Morgan fingerprint density at radius 3 is 2.62 bits per heavy atom. The van der Waals surface area contributed by atoms with Crippen LogP contribution < -0.4 is 15.0 Å².